The molecule has 1 N–H and O–H groups in total. The largest absolute Gasteiger partial charge is 0.444 e. The van der Waals surface area contributed by atoms with E-state index in [4.69, 9.17) is 4.74 Å². The molecule has 1 aromatic heterocycles. The Hall–Kier alpha value is -1.78. The second kappa shape index (κ2) is 4.38. The number of aromatic nitrogens is 1. The first-order valence-corrected chi connectivity index (χ1v) is 4.97. The molecule has 88 valence electrons. The Morgan fingerprint density at radius 1 is 1.38 bits per heavy atom. The lowest BCUT2D eigenvalue weighted by Gasteiger charge is -2.19. The molecule has 0 unspecified atom stereocenters. The van der Waals surface area contributed by atoms with Gasteiger partial charge in [-0.3, -0.25) is 14.7 Å². The maximum Gasteiger partial charge on any atom is 0.412 e. The van der Waals surface area contributed by atoms with Gasteiger partial charge in [0.2, 0.25) is 5.91 Å². The molecule has 0 fully saturated rings. The number of rotatable bonds is 1. The minimum Gasteiger partial charge on any atom is -0.444 e. The molecule has 0 atom stereocenters. The van der Waals surface area contributed by atoms with Gasteiger partial charge >= 0.3 is 6.09 Å². The zero-order valence-corrected chi connectivity index (χ0v) is 9.90. The van der Waals surface area contributed by atoms with Crippen LogP contribution in [0, 0.1) is 0 Å². The third kappa shape index (κ3) is 3.76. The van der Waals surface area contributed by atoms with Crippen molar-refractivity contribution in [2.75, 3.05) is 5.32 Å². The number of nitrogens with one attached hydrogen (secondary N) is 1. The summed E-state index contributed by atoms with van der Waals surface area (Å²) in [4.78, 5) is 22.4. The van der Waals surface area contributed by atoms with Gasteiger partial charge in [0.1, 0.15) is 5.60 Å². The van der Waals surface area contributed by atoms with Crippen LogP contribution >= 0.6 is 0 Å². The van der Waals surface area contributed by atoms with Crippen LogP contribution in [0.5, 0.6) is 0 Å². The molecule has 0 aromatic carbocycles. The van der Waals surface area contributed by atoms with Gasteiger partial charge in [-0.05, 0) is 26.8 Å². The molecule has 0 aliphatic carbocycles. The van der Waals surface area contributed by atoms with Gasteiger partial charge in [-0.1, -0.05) is 0 Å². The summed E-state index contributed by atoms with van der Waals surface area (Å²) in [6.07, 6.45) is 2.58. The van der Waals surface area contributed by atoms with Crippen molar-refractivity contribution in [1.82, 2.24) is 4.57 Å². The highest BCUT2D eigenvalue weighted by Crippen LogP contribution is 2.12. The second-order valence-corrected chi connectivity index (χ2v) is 4.45. The van der Waals surface area contributed by atoms with Crippen LogP contribution in [0.15, 0.2) is 18.5 Å². The summed E-state index contributed by atoms with van der Waals surface area (Å²) in [5, 5.41) is 2.54. The van der Waals surface area contributed by atoms with Crippen molar-refractivity contribution >= 4 is 17.7 Å². The lowest BCUT2D eigenvalue weighted by Crippen LogP contribution is -2.27. The average molecular weight is 224 g/mol. The summed E-state index contributed by atoms with van der Waals surface area (Å²) in [5.74, 6) is -0.114. The maximum atomic E-state index is 11.4. The van der Waals surface area contributed by atoms with Gasteiger partial charge < -0.3 is 4.74 Å². The molecule has 0 saturated carbocycles. The molecule has 0 radical (unpaired) electrons. The van der Waals surface area contributed by atoms with E-state index in [1.165, 1.54) is 17.7 Å². The van der Waals surface area contributed by atoms with Crippen LogP contribution in [0.2, 0.25) is 0 Å². The van der Waals surface area contributed by atoms with E-state index in [-0.39, 0.29) is 5.91 Å². The van der Waals surface area contributed by atoms with Crippen LogP contribution in [0.1, 0.15) is 32.5 Å². The predicted octanol–water partition coefficient (Wildman–Crippen LogP) is 2.50. The van der Waals surface area contributed by atoms with E-state index in [1.807, 2.05) is 0 Å². The van der Waals surface area contributed by atoms with Gasteiger partial charge in [0.25, 0.3) is 0 Å². The molecule has 0 spiro atoms. The Labute approximate surface area is 94.4 Å². The summed E-state index contributed by atoms with van der Waals surface area (Å²) < 4.78 is 6.45. The molecule has 1 aromatic rings. The molecule has 0 aliphatic heterocycles. The monoisotopic (exact) mass is 224 g/mol. The van der Waals surface area contributed by atoms with E-state index in [1.54, 1.807) is 33.0 Å². The van der Waals surface area contributed by atoms with Crippen LogP contribution < -0.4 is 5.32 Å². The Balaban J connectivity index is 2.60. The third-order valence-electron chi connectivity index (χ3n) is 1.70. The summed E-state index contributed by atoms with van der Waals surface area (Å²) in [6.45, 7) is 6.80. The van der Waals surface area contributed by atoms with E-state index in [9.17, 15) is 9.59 Å². The Morgan fingerprint density at radius 2 is 2.00 bits per heavy atom. The number of ether oxygens (including phenoxy) is 1. The molecule has 1 amide bonds. The van der Waals surface area contributed by atoms with Crippen molar-refractivity contribution < 1.29 is 14.3 Å². The van der Waals surface area contributed by atoms with Crippen molar-refractivity contribution in [3.8, 4) is 0 Å². The summed E-state index contributed by atoms with van der Waals surface area (Å²) in [6, 6.07) is 1.63. The van der Waals surface area contributed by atoms with Gasteiger partial charge in [-0.25, -0.2) is 4.79 Å². The highest BCUT2D eigenvalue weighted by atomic mass is 16.6. The fraction of sp³-hybridized carbons (Fsp3) is 0.455. The summed E-state index contributed by atoms with van der Waals surface area (Å²) in [5.41, 5.74) is -0.00260. The first-order chi connectivity index (χ1) is 7.28. The minimum absolute atomic E-state index is 0.114. The maximum absolute atomic E-state index is 11.4. The smallest absolute Gasteiger partial charge is 0.412 e. The molecule has 1 heterocycles. The van der Waals surface area contributed by atoms with Gasteiger partial charge in [0.15, 0.2) is 0 Å². The molecule has 5 heteroatoms. The van der Waals surface area contributed by atoms with Crippen LogP contribution in [-0.2, 0) is 4.74 Å². The molecular formula is C11H16N2O3. The average Bonchev–Trinajstić information content (AvgIpc) is 2.48. The standard InChI is InChI=1S/C11H16N2O3/c1-8(14)13-6-5-9(7-13)12-10(15)16-11(2,3)4/h5-7H,1-4H3,(H,12,15). The van der Waals surface area contributed by atoms with Gasteiger partial charge in [0, 0.05) is 19.3 Å². The van der Waals surface area contributed by atoms with E-state index >= 15 is 0 Å². The fourth-order valence-electron chi connectivity index (χ4n) is 1.09. The van der Waals surface area contributed by atoms with Crippen molar-refractivity contribution in [2.45, 2.75) is 33.3 Å². The molecule has 0 bridgehead atoms. The van der Waals surface area contributed by atoms with Gasteiger partial charge in [-0.2, -0.15) is 0 Å². The minimum atomic E-state index is -0.534. The van der Waals surface area contributed by atoms with Crippen molar-refractivity contribution in [1.29, 1.82) is 0 Å². The molecule has 16 heavy (non-hydrogen) atoms. The van der Waals surface area contributed by atoms with Crippen LogP contribution in [0.4, 0.5) is 10.5 Å². The Bertz CT molecular complexity index is 402. The number of carbonyl (C=O) groups is 2. The topological polar surface area (TPSA) is 60.3 Å². The first-order valence-electron chi connectivity index (χ1n) is 4.97. The SMILES string of the molecule is CC(=O)n1ccc(NC(=O)OC(C)(C)C)c1. The van der Waals surface area contributed by atoms with Gasteiger partial charge in [-0.15, -0.1) is 0 Å². The number of amides is 1. The number of hydrogen-bond acceptors (Lipinski definition) is 3. The van der Waals surface area contributed by atoms with E-state index in [0.29, 0.717) is 5.69 Å². The zero-order valence-electron chi connectivity index (χ0n) is 9.90. The number of hydrogen-bond donors (Lipinski definition) is 1. The Morgan fingerprint density at radius 3 is 2.44 bits per heavy atom. The number of carbonyl (C=O) groups excluding carboxylic acids is 2. The predicted molar refractivity (Wildman–Crippen MR) is 60.6 cm³/mol. The highest BCUT2D eigenvalue weighted by molar-refractivity contribution is 5.86. The number of anilines is 1. The van der Waals surface area contributed by atoms with Crippen molar-refractivity contribution in [2.24, 2.45) is 0 Å². The lowest BCUT2D eigenvalue weighted by atomic mass is 10.2. The molecule has 0 saturated heterocycles. The van der Waals surface area contributed by atoms with Crippen molar-refractivity contribution in [3.63, 3.8) is 0 Å². The second-order valence-electron chi connectivity index (χ2n) is 4.45. The van der Waals surface area contributed by atoms with Crippen LogP contribution in [0.3, 0.4) is 0 Å². The normalized spacial score (nSPS) is 11.0. The molecule has 5 nitrogen and oxygen atoms in total. The first kappa shape index (κ1) is 12.3. The van der Waals surface area contributed by atoms with E-state index in [0.717, 1.165) is 0 Å². The van der Waals surface area contributed by atoms with Crippen LogP contribution in [-0.4, -0.2) is 22.2 Å². The summed E-state index contributed by atoms with van der Waals surface area (Å²) in [7, 11) is 0. The Kier molecular flexibility index (Phi) is 3.37. The molecule has 0 aliphatic rings. The van der Waals surface area contributed by atoms with E-state index in [2.05, 4.69) is 5.32 Å². The highest BCUT2D eigenvalue weighted by Gasteiger charge is 2.16. The van der Waals surface area contributed by atoms with E-state index < -0.39 is 11.7 Å². The van der Waals surface area contributed by atoms with Crippen LogP contribution in [0.25, 0.3) is 0 Å². The summed E-state index contributed by atoms with van der Waals surface area (Å²) >= 11 is 0. The number of nitrogens with zero attached hydrogens (tertiary/aromatic N) is 1. The molecular weight excluding hydrogens is 208 g/mol. The van der Waals surface area contributed by atoms with Crippen molar-refractivity contribution in [3.05, 3.63) is 18.5 Å². The zero-order chi connectivity index (χ0) is 12.3. The third-order valence-corrected chi connectivity index (χ3v) is 1.70. The molecule has 1 rings (SSSR count). The lowest BCUT2D eigenvalue weighted by molar-refractivity contribution is 0.0635. The van der Waals surface area contributed by atoms with Gasteiger partial charge in [0.05, 0.1) is 5.69 Å². The quantitative estimate of drug-likeness (QED) is 0.797. The fourth-order valence-corrected chi connectivity index (χ4v) is 1.09.